The lowest BCUT2D eigenvalue weighted by molar-refractivity contribution is 0.335. The molecule has 0 aliphatic carbocycles. The number of hydrogen-bond acceptors (Lipinski definition) is 1. The van der Waals surface area contributed by atoms with Crippen LogP contribution in [-0.4, -0.2) is 11.2 Å². The molecule has 0 aliphatic heterocycles. The van der Waals surface area contributed by atoms with Gasteiger partial charge in [-0.1, -0.05) is 18.2 Å². The summed E-state index contributed by atoms with van der Waals surface area (Å²) in [5.41, 5.74) is 1.10. The zero-order chi connectivity index (χ0) is 10.2. The Balaban J connectivity index is 2.21. The Labute approximate surface area is 84.7 Å². The van der Waals surface area contributed by atoms with Crippen molar-refractivity contribution in [2.75, 3.05) is 0 Å². The summed E-state index contributed by atoms with van der Waals surface area (Å²) in [6.07, 6.45) is 9.47. The molecular weight excluding hydrogens is 177 g/mol. The van der Waals surface area contributed by atoms with E-state index in [1.165, 1.54) is 0 Å². The summed E-state index contributed by atoms with van der Waals surface area (Å²) in [5, 5.41) is 0. The summed E-state index contributed by atoms with van der Waals surface area (Å²) in [6, 6.07) is 3.91. The van der Waals surface area contributed by atoms with Crippen LogP contribution in [0.3, 0.4) is 0 Å². The molecule has 1 aromatic rings. The summed E-state index contributed by atoms with van der Waals surface area (Å²) in [5.74, 6) is 0. The van der Waals surface area contributed by atoms with Gasteiger partial charge in [-0.2, -0.15) is 0 Å². The van der Waals surface area contributed by atoms with Gasteiger partial charge in [0, 0.05) is 12.4 Å². The quantitative estimate of drug-likeness (QED) is 0.651. The monoisotopic (exact) mass is 193 g/mol. The highest BCUT2D eigenvalue weighted by molar-refractivity contribution is 5.46. The van der Waals surface area contributed by atoms with Crippen LogP contribution in [0.1, 0.15) is 31.7 Å². The molecule has 76 valence electrons. The normalized spacial score (nSPS) is 13.3. The molecule has 14 heavy (non-hydrogen) atoms. The van der Waals surface area contributed by atoms with Gasteiger partial charge in [-0.05, 0) is 37.8 Å². The topological polar surface area (TPSA) is 12.9 Å². The summed E-state index contributed by atoms with van der Waals surface area (Å²) in [7, 11) is 0. The Morgan fingerprint density at radius 2 is 2.43 bits per heavy atom. The van der Waals surface area contributed by atoms with Gasteiger partial charge in [-0.15, -0.1) is 0 Å². The summed E-state index contributed by atoms with van der Waals surface area (Å²) in [6.45, 7) is 1.60. The van der Waals surface area contributed by atoms with E-state index in [9.17, 15) is 4.39 Å². The molecule has 0 bridgehead atoms. The first-order chi connectivity index (χ1) is 6.79. The lowest BCUT2D eigenvalue weighted by Crippen LogP contribution is -1.90. The van der Waals surface area contributed by atoms with Crippen molar-refractivity contribution >= 4 is 6.08 Å². The average molecular weight is 193 g/mol. The Bertz CT molecular complexity index is 267. The first-order valence-corrected chi connectivity index (χ1v) is 4.99. The van der Waals surface area contributed by atoms with E-state index < -0.39 is 6.17 Å². The maximum Gasteiger partial charge on any atom is 0.0973 e. The predicted octanol–water partition coefficient (Wildman–Crippen LogP) is 3.62. The van der Waals surface area contributed by atoms with Crippen LogP contribution < -0.4 is 0 Å². The molecule has 0 saturated heterocycles. The molecule has 0 spiro atoms. The molecule has 0 aliphatic rings. The Morgan fingerprint density at radius 1 is 1.57 bits per heavy atom. The van der Waals surface area contributed by atoms with Gasteiger partial charge in [0.1, 0.15) is 0 Å². The van der Waals surface area contributed by atoms with Crippen molar-refractivity contribution in [2.45, 2.75) is 32.4 Å². The van der Waals surface area contributed by atoms with Crippen LogP contribution in [0, 0.1) is 0 Å². The minimum absolute atomic E-state index is 0.650. The van der Waals surface area contributed by atoms with Gasteiger partial charge in [0.15, 0.2) is 0 Å². The van der Waals surface area contributed by atoms with Crippen molar-refractivity contribution in [2.24, 2.45) is 0 Å². The van der Waals surface area contributed by atoms with Gasteiger partial charge in [0.05, 0.1) is 6.17 Å². The molecule has 0 aromatic carbocycles. The molecule has 1 atom stereocenters. The SMILES string of the molecule is CC(F)CCCC=Cc1cccnc1. The Kier molecular flexibility index (Phi) is 4.90. The van der Waals surface area contributed by atoms with Crippen LogP contribution in [0.2, 0.25) is 0 Å². The van der Waals surface area contributed by atoms with Gasteiger partial charge < -0.3 is 0 Å². The summed E-state index contributed by atoms with van der Waals surface area (Å²) < 4.78 is 12.4. The van der Waals surface area contributed by atoms with Crippen molar-refractivity contribution < 1.29 is 4.39 Å². The molecule has 2 heteroatoms. The van der Waals surface area contributed by atoms with Crippen LogP contribution in [0.15, 0.2) is 30.6 Å². The molecule has 0 fully saturated rings. The Morgan fingerprint density at radius 3 is 3.07 bits per heavy atom. The molecule has 0 radical (unpaired) electrons. The highest BCUT2D eigenvalue weighted by Gasteiger charge is 1.94. The van der Waals surface area contributed by atoms with Crippen molar-refractivity contribution in [1.82, 2.24) is 4.98 Å². The van der Waals surface area contributed by atoms with Gasteiger partial charge in [-0.25, -0.2) is 4.39 Å². The van der Waals surface area contributed by atoms with E-state index in [1.54, 1.807) is 13.1 Å². The van der Waals surface area contributed by atoms with Crippen LogP contribution >= 0.6 is 0 Å². The van der Waals surface area contributed by atoms with Crippen molar-refractivity contribution in [3.05, 3.63) is 36.2 Å². The summed E-state index contributed by atoms with van der Waals surface area (Å²) in [4.78, 5) is 4.00. The molecule has 1 nitrogen and oxygen atoms in total. The number of aromatic nitrogens is 1. The molecule has 1 aromatic heterocycles. The van der Waals surface area contributed by atoms with Crippen LogP contribution in [0.4, 0.5) is 4.39 Å². The number of hydrogen-bond donors (Lipinski definition) is 0. The summed E-state index contributed by atoms with van der Waals surface area (Å²) >= 11 is 0. The van der Waals surface area contributed by atoms with Crippen LogP contribution in [-0.2, 0) is 0 Å². The average Bonchev–Trinajstić information content (AvgIpc) is 2.18. The lowest BCUT2D eigenvalue weighted by atomic mass is 10.1. The van der Waals surface area contributed by atoms with E-state index in [2.05, 4.69) is 11.1 Å². The molecule has 1 unspecified atom stereocenters. The van der Waals surface area contributed by atoms with Crippen molar-refractivity contribution in [3.8, 4) is 0 Å². The fourth-order valence-electron chi connectivity index (χ4n) is 1.21. The lowest BCUT2D eigenvalue weighted by Gasteiger charge is -1.97. The van der Waals surface area contributed by atoms with E-state index in [-0.39, 0.29) is 0 Å². The van der Waals surface area contributed by atoms with E-state index in [4.69, 9.17) is 0 Å². The number of unbranched alkanes of at least 4 members (excludes halogenated alkanes) is 1. The minimum Gasteiger partial charge on any atom is -0.264 e. The second kappa shape index (κ2) is 6.30. The molecule has 1 heterocycles. The van der Waals surface area contributed by atoms with E-state index in [1.807, 2.05) is 24.4 Å². The van der Waals surface area contributed by atoms with E-state index in [0.29, 0.717) is 6.42 Å². The molecule has 0 saturated carbocycles. The first-order valence-electron chi connectivity index (χ1n) is 4.99. The van der Waals surface area contributed by atoms with Crippen LogP contribution in [0.5, 0.6) is 0 Å². The zero-order valence-corrected chi connectivity index (χ0v) is 8.49. The number of alkyl halides is 1. The number of halogens is 1. The number of allylic oxidation sites excluding steroid dienone is 1. The number of nitrogens with zero attached hydrogens (tertiary/aromatic N) is 1. The zero-order valence-electron chi connectivity index (χ0n) is 8.49. The third kappa shape index (κ3) is 4.75. The van der Waals surface area contributed by atoms with E-state index >= 15 is 0 Å². The standard InChI is InChI=1S/C12H16FN/c1-11(13)6-3-2-4-7-12-8-5-9-14-10-12/h4-5,7-11H,2-3,6H2,1H3. The highest BCUT2D eigenvalue weighted by atomic mass is 19.1. The molecular formula is C12H16FN. The van der Waals surface area contributed by atoms with Gasteiger partial charge in [-0.3, -0.25) is 4.98 Å². The van der Waals surface area contributed by atoms with E-state index in [0.717, 1.165) is 18.4 Å². The highest BCUT2D eigenvalue weighted by Crippen LogP contribution is 2.06. The van der Waals surface area contributed by atoms with Gasteiger partial charge in [0.2, 0.25) is 0 Å². The van der Waals surface area contributed by atoms with Crippen molar-refractivity contribution in [3.63, 3.8) is 0 Å². The number of rotatable bonds is 5. The number of pyridine rings is 1. The van der Waals surface area contributed by atoms with Gasteiger partial charge >= 0.3 is 0 Å². The van der Waals surface area contributed by atoms with Crippen LogP contribution in [0.25, 0.3) is 6.08 Å². The Hall–Kier alpha value is -1.18. The molecule has 0 amide bonds. The maximum atomic E-state index is 12.4. The molecule has 0 N–H and O–H groups in total. The maximum absolute atomic E-state index is 12.4. The largest absolute Gasteiger partial charge is 0.264 e. The van der Waals surface area contributed by atoms with Gasteiger partial charge in [0.25, 0.3) is 0 Å². The second-order valence-electron chi connectivity index (χ2n) is 3.40. The van der Waals surface area contributed by atoms with Crippen molar-refractivity contribution in [1.29, 1.82) is 0 Å². The smallest absolute Gasteiger partial charge is 0.0973 e. The fraction of sp³-hybridized carbons (Fsp3) is 0.417. The fourth-order valence-corrected chi connectivity index (χ4v) is 1.21. The second-order valence-corrected chi connectivity index (χ2v) is 3.40. The predicted molar refractivity (Wildman–Crippen MR) is 57.7 cm³/mol. The first kappa shape index (κ1) is 10.9. The third-order valence-electron chi connectivity index (χ3n) is 1.97. The third-order valence-corrected chi connectivity index (χ3v) is 1.97. The molecule has 1 rings (SSSR count). The minimum atomic E-state index is -0.679.